The zero-order valence-corrected chi connectivity index (χ0v) is 19.3. The number of rotatable bonds is 5. The molecule has 150 valence electrons. The SMILES string of the molecule is O=c1[nH]c2ccccc2c(=O)n1N=Cc1ccc(OCc2ccc(Br)cc2)c(I)c1. The molecule has 4 rings (SSSR count). The van der Waals surface area contributed by atoms with E-state index in [1.807, 2.05) is 42.5 Å². The van der Waals surface area contributed by atoms with Crippen LogP contribution >= 0.6 is 38.5 Å². The second-order valence-corrected chi connectivity index (χ2v) is 8.52. The molecule has 8 heteroatoms. The molecule has 0 fully saturated rings. The molecule has 0 radical (unpaired) electrons. The van der Waals surface area contributed by atoms with E-state index >= 15 is 0 Å². The largest absolute Gasteiger partial charge is 0.488 e. The molecule has 0 unspecified atom stereocenters. The van der Waals surface area contributed by atoms with Crippen molar-refractivity contribution in [1.29, 1.82) is 0 Å². The summed E-state index contributed by atoms with van der Waals surface area (Å²) in [6, 6.07) is 20.3. The first-order valence-corrected chi connectivity index (χ1v) is 10.8. The Morgan fingerprint density at radius 1 is 1.07 bits per heavy atom. The molecule has 30 heavy (non-hydrogen) atoms. The number of fused-ring (bicyclic) bond motifs is 1. The first kappa shape index (κ1) is 20.5. The number of para-hydroxylation sites is 1. The lowest BCUT2D eigenvalue weighted by Gasteiger charge is -2.09. The van der Waals surface area contributed by atoms with Crippen LogP contribution in [0, 0.1) is 3.57 Å². The number of hydrogen-bond acceptors (Lipinski definition) is 4. The topological polar surface area (TPSA) is 76.5 Å². The van der Waals surface area contributed by atoms with Crippen molar-refractivity contribution >= 4 is 55.6 Å². The van der Waals surface area contributed by atoms with Gasteiger partial charge in [0.05, 0.1) is 20.7 Å². The minimum Gasteiger partial charge on any atom is -0.488 e. The van der Waals surface area contributed by atoms with Crippen molar-refractivity contribution in [2.24, 2.45) is 5.10 Å². The molecule has 6 nitrogen and oxygen atoms in total. The molecular weight excluding hydrogens is 561 g/mol. The van der Waals surface area contributed by atoms with Crippen LogP contribution in [0.1, 0.15) is 11.1 Å². The van der Waals surface area contributed by atoms with Gasteiger partial charge in [0, 0.05) is 4.47 Å². The number of aromatic nitrogens is 2. The van der Waals surface area contributed by atoms with E-state index in [0.717, 1.165) is 29.6 Å². The molecular formula is C22H15BrIN3O3. The zero-order valence-electron chi connectivity index (χ0n) is 15.5. The minimum atomic E-state index is -0.584. The lowest BCUT2D eigenvalue weighted by Crippen LogP contribution is -2.32. The maximum Gasteiger partial charge on any atom is 0.349 e. The van der Waals surface area contributed by atoms with Crippen LogP contribution in [0.4, 0.5) is 0 Å². The van der Waals surface area contributed by atoms with Crippen LogP contribution in [0.3, 0.4) is 0 Å². The summed E-state index contributed by atoms with van der Waals surface area (Å²) in [6.45, 7) is 0.457. The van der Waals surface area contributed by atoms with Gasteiger partial charge in [0.25, 0.3) is 5.56 Å². The quantitative estimate of drug-likeness (QED) is 0.281. The zero-order chi connectivity index (χ0) is 21.1. The summed E-state index contributed by atoms with van der Waals surface area (Å²) >= 11 is 5.60. The highest BCUT2D eigenvalue weighted by molar-refractivity contribution is 14.1. The molecule has 0 aliphatic carbocycles. The van der Waals surface area contributed by atoms with Crippen LogP contribution in [-0.4, -0.2) is 15.9 Å². The van der Waals surface area contributed by atoms with E-state index in [1.165, 1.54) is 6.21 Å². The highest BCUT2D eigenvalue weighted by Crippen LogP contribution is 2.23. The number of aromatic amines is 1. The van der Waals surface area contributed by atoms with E-state index in [-0.39, 0.29) is 0 Å². The van der Waals surface area contributed by atoms with Crippen LogP contribution < -0.4 is 16.0 Å². The average molecular weight is 576 g/mol. The summed E-state index contributed by atoms with van der Waals surface area (Å²) in [5, 5.41) is 4.49. The number of hydrogen-bond donors (Lipinski definition) is 1. The number of benzene rings is 3. The third-order valence-corrected chi connectivity index (χ3v) is 5.74. The molecule has 3 aromatic carbocycles. The van der Waals surface area contributed by atoms with Gasteiger partial charge in [-0.2, -0.15) is 5.10 Å². The lowest BCUT2D eigenvalue weighted by molar-refractivity contribution is 0.304. The van der Waals surface area contributed by atoms with E-state index < -0.39 is 11.2 Å². The molecule has 0 amide bonds. The second kappa shape index (κ2) is 8.97. The van der Waals surface area contributed by atoms with E-state index in [4.69, 9.17) is 4.74 Å². The highest BCUT2D eigenvalue weighted by atomic mass is 127. The molecule has 0 saturated carbocycles. The maximum absolute atomic E-state index is 12.5. The molecule has 0 atom stereocenters. The third-order valence-electron chi connectivity index (χ3n) is 4.37. The maximum atomic E-state index is 12.5. The Kier molecular flexibility index (Phi) is 6.14. The molecule has 1 N–H and O–H groups in total. The molecule has 0 aliphatic heterocycles. The normalized spacial score (nSPS) is 11.3. The van der Waals surface area contributed by atoms with Crippen molar-refractivity contribution in [3.05, 3.63) is 107 Å². The third kappa shape index (κ3) is 4.54. The molecule has 0 spiro atoms. The molecule has 0 aliphatic rings. The van der Waals surface area contributed by atoms with Gasteiger partial charge < -0.3 is 9.72 Å². The Morgan fingerprint density at radius 2 is 1.83 bits per heavy atom. The van der Waals surface area contributed by atoms with Gasteiger partial charge >= 0.3 is 5.69 Å². The van der Waals surface area contributed by atoms with Crippen LogP contribution in [0.15, 0.2) is 85.9 Å². The van der Waals surface area contributed by atoms with Crippen molar-refractivity contribution in [2.45, 2.75) is 6.61 Å². The fraction of sp³-hybridized carbons (Fsp3) is 0.0455. The Balaban J connectivity index is 1.54. The monoisotopic (exact) mass is 575 g/mol. The first-order chi connectivity index (χ1) is 14.5. The molecule has 4 aromatic rings. The predicted octanol–water partition coefficient (Wildman–Crippen LogP) is 4.52. The van der Waals surface area contributed by atoms with Gasteiger partial charge in [0.2, 0.25) is 0 Å². The number of nitrogens with one attached hydrogen (secondary N) is 1. The molecule has 0 bridgehead atoms. The van der Waals surface area contributed by atoms with Crippen molar-refractivity contribution < 1.29 is 4.74 Å². The van der Waals surface area contributed by atoms with Gasteiger partial charge in [-0.1, -0.05) is 40.2 Å². The Bertz CT molecular complexity index is 1360. The summed E-state index contributed by atoms with van der Waals surface area (Å²) in [5.74, 6) is 0.747. The van der Waals surface area contributed by atoms with Crippen LogP contribution in [0.25, 0.3) is 10.9 Å². The van der Waals surface area contributed by atoms with E-state index in [1.54, 1.807) is 24.3 Å². The van der Waals surface area contributed by atoms with Gasteiger partial charge in [-0.25, -0.2) is 4.79 Å². The Morgan fingerprint density at radius 3 is 2.60 bits per heavy atom. The summed E-state index contributed by atoms with van der Waals surface area (Å²) < 4.78 is 8.63. The van der Waals surface area contributed by atoms with Gasteiger partial charge in [0.15, 0.2) is 0 Å². The minimum absolute atomic E-state index is 0.403. The van der Waals surface area contributed by atoms with Crippen LogP contribution in [-0.2, 0) is 6.61 Å². The van der Waals surface area contributed by atoms with E-state index in [0.29, 0.717) is 17.5 Å². The van der Waals surface area contributed by atoms with E-state index in [9.17, 15) is 9.59 Å². The predicted molar refractivity (Wildman–Crippen MR) is 129 cm³/mol. The number of ether oxygens (including phenoxy) is 1. The summed E-state index contributed by atoms with van der Waals surface area (Å²) in [5.41, 5.74) is 1.25. The van der Waals surface area contributed by atoms with Gasteiger partial charge in [-0.05, 0) is 76.2 Å². The molecule has 0 saturated heterocycles. The number of nitrogens with zero attached hydrogens (tertiary/aromatic N) is 2. The van der Waals surface area contributed by atoms with Crippen molar-refractivity contribution in [3.8, 4) is 5.75 Å². The van der Waals surface area contributed by atoms with Crippen molar-refractivity contribution in [3.63, 3.8) is 0 Å². The summed E-state index contributed by atoms with van der Waals surface area (Å²) in [4.78, 5) is 27.4. The second-order valence-electron chi connectivity index (χ2n) is 6.44. The average Bonchev–Trinajstić information content (AvgIpc) is 2.74. The Hall–Kier alpha value is -2.72. The van der Waals surface area contributed by atoms with Crippen LogP contribution in [0.5, 0.6) is 5.75 Å². The molecule has 1 aromatic heterocycles. The number of H-pyrrole nitrogens is 1. The van der Waals surface area contributed by atoms with Crippen molar-refractivity contribution in [2.75, 3.05) is 0 Å². The van der Waals surface area contributed by atoms with Gasteiger partial charge in [-0.3, -0.25) is 4.79 Å². The molecule has 1 heterocycles. The number of halogens is 2. The van der Waals surface area contributed by atoms with E-state index in [2.05, 4.69) is 48.6 Å². The Labute approximate surface area is 193 Å². The smallest absolute Gasteiger partial charge is 0.349 e. The fourth-order valence-corrected chi connectivity index (χ4v) is 3.80. The summed E-state index contributed by atoms with van der Waals surface area (Å²) in [7, 11) is 0. The van der Waals surface area contributed by atoms with Crippen molar-refractivity contribution in [1.82, 2.24) is 9.66 Å². The lowest BCUT2D eigenvalue weighted by atomic mass is 10.2. The van der Waals surface area contributed by atoms with Gasteiger partial charge in [-0.15, -0.1) is 4.68 Å². The van der Waals surface area contributed by atoms with Crippen LogP contribution in [0.2, 0.25) is 0 Å². The summed E-state index contributed by atoms with van der Waals surface area (Å²) in [6.07, 6.45) is 1.48. The standard InChI is InChI=1S/C22H15BrIN3O3/c23-16-8-5-14(6-9-16)13-30-20-10-7-15(11-18(20)24)12-25-27-21(28)17-3-1-2-4-19(17)26-22(27)29/h1-12H,13H2,(H,26,29). The fourth-order valence-electron chi connectivity index (χ4n) is 2.84. The first-order valence-electron chi connectivity index (χ1n) is 8.96. The highest BCUT2D eigenvalue weighted by Gasteiger charge is 2.06. The van der Waals surface area contributed by atoms with Gasteiger partial charge in [0.1, 0.15) is 12.4 Å².